The third-order valence-electron chi connectivity index (χ3n) is 3.07. The number of nitrogens with one attached hydrogen (secondary N) is 1. The van der Waals surface area contributed by atoms with Crippen molar-refractivity contribution in [2.75, 3.05) is 5.32 Å². The topological polar surface area (TPSA) is 59.8 Å². The number of amides is 1. The van der Waals surface area contributed by atoms with E-state index in [-0.39, 0.29) is 5.91 Å². The summed E-state index contributed by atoms with van der Waals surface area (Å²) in [6.07, 6.45) is 3.23. The zero-order valence-corrected chi connectivity index (χ0v) is 12.8. The number of aryl methyl sites for hydroxylation is 2. The van der Waals surface area contributed by atoms with E-state index >= 15 is 0 Å². The Morgan fingerprint density at radius 2 is 2.18 bits per heavy atom. The van der Waals surface area contributed by atoms with Crippen molar-refractivity contribution in [2.45, 2.75) is 13.8 Å². The molecule has 3 rings (SSSR count). The first-order valence-electron chi connectivity index (χ1n) is 6.59. The Morgan fingerprint density at radius 1 is 1.36 bits per heavy atom. The van der Waals surface area contributed by atoms with Crippen LogP contribution in [0, 0.1) is 19.7 Å². The van der Waals surface area contributed by atoms with Gasteiger partial charge in [0.2, 0.25) is 0 Å². The average molecular weight is 316 g/mol. The Labute approximate surface area is 130 Å². The fourth-order valence-electron chi connectivity index (χ4n) is 2.11. The Morgan fingerprint density at radius 3 is 2.77 bits per heavy atom. The quantitative estimate of drug-likeness (QED) is 0.806. The number of thiazole rings is 1. The molecule has 0 unspecified atom stereocenters. The number of nitrogens with zero attached hydrogens (tertiary/aromatic N) is 3. The number of halogens is 1. The van der Waals surface area contributed by atoms with E-state index in [1.807, 2.05) is 6.92 Å². The van der Waals surface area contributed by atoms with Crippen LogP contribution in [0.3, 0.4) is 0 Å². The van der Waals surface area contributed by atoms with Crippen molar-refractivity contribution in [3.8, 4) is 5.69 Å². The summed E-state index contributed by atoms with van der Waals surface area (Å²) in [6.45, 7) is 3.62. The van der Waals surface area contributed by atoms with Gasteiger partial charge in [-0.2, -0.15) is 5.10 Å². The second-order valence-electron chi connectivity index (χ2n) is 4.72. The molecule has 0 atom stereocenters. The van der Waals surface area contributed by atoms with Gasteiger partial charge in [-0.3, -0.25) is 4.79 Å². The minimum atomic E-state index is -0.460. The zero-order valence-electron chi connectivity index (χ0n) is 12.0. The number of hydrogen-bond acceptors (Lipinski definition) is 4. The molecule has 0 saturated heterocycles. The van der Waals surface area contributed by atoms with Crippen LogP contribution in [0.4, 0.5) is 10.1 Å². The van der Waals surface area contributed by atoms with E-state index in [0.717, 1.165) is 5.01 Å². The van der Waals surface area contributed by atoms with Gasteiger partial charge >= 0.3 is 0 Å². The first-order chi connectivity index (χ1) is 10.5. The summed E-state index contributed by atoms with van der Waals surface area (Å²) >= 11 is 1.32. The van der Waals surface area contributed by atoms with Gasteiger partial charge < -0.3 is 5.32 Å². The number of anilines is 1. The monoisotopic (exact) mass is 316 g/mol. The predicted molar refractivity (Wildman–Crippen MR) is 83.1 cm³/mol. The molecule has 5 nitrogen and oxygen atoms in total. The molecule has 1 aromatic carbocycles. The van der Waals surface area contributed by atoms with Gasteiger partial charge in [0.1, 0.15) is 10.6 Å². The molecule has 2 aromatic heterocycles. The third kappa shape index (κ3) is 2.75. The highest BCUT2D eigenvalue weighted by atomic mass is 32.1. The van der Waals surface area contributed by atoms with Crippen LogP contribution < -0.4 is 5.32 Å². The average Bonchev–Trinajstić information content (AvgIpc) is 3.08. The highest BCUT2D eigenvalue weighted by molar-refractivity contribution is 7.13. The molecule has 3 aromatic rings. The molecule has 0 spiro atoms. The second-order valence-corrected chi connectivity index (χ2v) is 5.92. The van der Waals surface area contributed by atoms with Crippen molar-refractivity contribution >= 4 is 22.9 Å². The molecule has 22 heavy (non-hydrogen) atoms. The van der Waals surface area contributed by atoms with E-state index < -0.39 is 5.82 Å². The van der Waals surface area contributed by atoms with Crippen molar-refractivity contribution in [3.05, 3.63) is 58.1 Å². The molecule has 0 radical (unpaired) electrons. The Bertz CT molecular complexity index is 826. The lowest BCUT2D eigenvalue weighted by atomic mass is 10.2. The summed E-state index contributed by atoms with van der Waals surface area (Å²) in [5.41, 5.74) is 1.39. The maximum atomic E-state index is 14.1. The number of benzene rings is 1. The minimum Gasteiger partial charge on any atom is -0.321 e. The molecular weight excluding hydrogens is 303 g/mol. The van der Waals surface area contributed by atoms with Gasteiger partial charge in [0, 0.05) is 18.1 Å². The number of hydrogen-bond donors (Lipinski definition) is 1. The number of carbonyl (C=O) groups is 1. The summed E-state index contributed by atoms with van der Waals surface area (Å²) in [5.74, 6) is -0.743. The van der Waals surface area contributed by atoms with E-state index in [1.54, 1.807) is 37.5 Å². The SMILES string of the molecule is Cc1nc(C)c(C(=O)Nc2ccc(-n3cccn3)c(F)c2)s1. The Balaban J connectivity index is 1.83. The van der Waals surface area contributed by atoms with Gasteiger partial charge in [-0.05, 0) is 38.1 Å². The van der Waals surface area contributed by atoms with Gasteiger partial charge in [-0.15, -0.1) is 11.3 Å². The van der Waals surface area contributed by atoms with Crippen LogP contribution in [-0.2, 0) is 0 Å². The number of rotatable bonds is 3. The standard InChI is InChI=1S/C15H13FN4OS/c1-9-14(22-10(2)18-9)15(21)19-11-4-5-13(12(16)8-11)20-7-3-6-17-20/h3-8H,1-2H3,(H,19,21). The zero-order chi connectivity index (χ0) is 15.7. The van der Waals surface area contributed by atoms with Crippen LogP contribution in [-0.4, -0.2) is 20.7 Å². The summed E-state index contributed by atoms with van der Waals surface area (Å²) in [6, 6.07) is 6.20. The van der Waals surface area contributed by atoms with E-state index in [0.29, 0.717) is 21.9 Å². The number of aromatic nitrogens is 3. The van der Waals surface area contributed by atoms with Crippen LogP contribution in [0.1, 0.15) is 20.4 Å². The molecule has 0 aliphatic carbocycles. The largest absolute Gasteiger partial charge is 0.321 e. The van der Waals surface area contributed by atoms with Crippen molar-refractivity contribution in [1.29, 1.82) is 0 Å². The maximum absolute atomic E-state index is 14.1. The lowest BCUT2D eigenvalue weighted by Gasteiger charge is -2.07. The van der Waals surface area contributed by atoms with Crippen LogP contribution in [0.2, 0.25) is 0 Å². The van der Waals surface area contributed by atoms with Crippen molar-refractivity contribution < 1.29 is 9.18 Å². The first kappa shape index (κ1) is 14.4. The third-order valence-corrected chi connectivity index (χ3v) is 4.14. The smallest absolute Gasteiger partial charge is 0.267 e. The normalized spacial score (nSPS) is 10.7. The number of carbonyl (C=O) groups excluding carboxylic acids is 1. The summed E-state index contributed by atoms with van der Waals surface area (Å²) in [4.78, 5) is 16.9. The Hall–Kier alpha value is -2.54. The molecule has 7 heteroatoms. The van der Waals surface area contributed by atoms with E-state index in [2.05, 4.69) is 15.4 Å². The lowest BCUT2D eigenvalue weighted by molar-refractivity contribution is 0.103. The summed E-state index contributed by atoms with van der Waals surface area (Å²) in [7, 11) is 0. The van der Waals surface area contributed by atoms with Crippen molar-refractivity contribution in [2.24, 2.45) is 0 Å². The van der Waals surface area contributed by atoms with Crippen LogP contribution in [0.15, 0.2) is 36.7 Å². The molecule has 0 fully saturated rings. The lowest BCUT2D eigenvalue weighted by Crippen LogP contribution is -2.12. The molecule has 0 aliphatic heterocycles. The van der Waals surface area contributed by atoms with Gasteiger partial charge in [0.05, 0.1) is 10.7 Å². The Kier molecular flexibility index (Phi) is 3.72. The predicted octanol–water partition coefficient (Wildman–Crippen LogP) is 3.34. The highest BCUT2D eigenvalue weighted by Crippen LogP contribution is 2.21. The van der Waals surface area contributed by atoms with Crippen LogP contribution in [0.5, 0.6) is 0 Å². The van der Waals surface area contributed by atoms with Gasteiger partial charge in [-0.25, -0.2) is 14.1 Å². The second kappa shape index (κ2) is 5.69. The molecule has 2 heterocycles. The van der Waals surface area contributed by atoms with Gasteiger partial charge in [-0.1, -0.05) is 0 Å². The van der Waals surface area contributed by atoms with E-state index in [4.69, 9.17) is 0 Å². The molecular formula is C15H13FN4OS. The summed E-state index contributed by atoms with van der Waals surface area (Å²) in [5, 5.41) is 7.49. The molecule has 0 bridgehead atoms. The minimum absolute atomic E-state index is 0.283. The van der Waals surface area contributed by atoms with E-state index in [9.17, 15) is 9.18 Å². The molecule has 1 N–H and O–H groups in total. The maximum Gasteiger partial charge on any atom is 0.267 e. The molecule has 0 aliphatic rings. The highest BCUT2D eigenvalue weighted by Gasteiger charge is 2.15. The van der Waals surface area contributed by atoms with Gasteiger partial charge in [0.25, 0.3) is 5.91 Å². The fourth-order valence-corrected chi connectivity index (χ4v) is 2.93. The molecule has 1 amide bonds. The summed E-state index contributed by atoms with van der Waals surface area (Å²) < 4.78 is 15.6. The molecule has 112 valence electrons. The molecule has 0 saturated carbocycles. The van der Waals surface area contributed by atoms with Crippen molar-refractivity contribution in [1.82, 2.24) is 14.8 Å². The fraction of sp³-hybridized carbons (Fsp3) is 0.133. The van der Waals surface area contributed by atoms with E-state index in [1.165, 1.54) is 22.1 Å². The van der Waals surface area contributed by atoms with Crippen molar-refractivity contribution in [3.63, 3.8) is 0 Å². The first-order valence-corrected chi connectivity index (χ1v) is 7.41. The van der Waals surface area contributed by atoms with Crippen LogP contribution >= 0.6 is 11.3 Å². The van der Waals surface area contributed by atoms with Gasteiger partial charge in [0.15, 0.2) is 5.82 Å². The van der Waals surface area contributed by atoms with Crippen LogP contribution in [0.25, 0.3) is 5.69 Å².